The number of hydrogen-bond acceptors (Lipinski definition) is 7. The molecule has 262 valence electrons. The number of carboxylic acid groups (broad SMARTS) is 1. The van der Waals surface area contributed by atoms with Crippen LogP contribution in [-0.4, -0.2) is 54.0 Å². The van der Waals surface area contributed by atoms with Crippen LogP contribution in [0.4, 0.5) is 0 Å². The molecule has 49 heavy (non-hydrogen) atoms. The molecule has 0 spiro atoms. The molecule has 2 aliphatic carbocycles. The first kappa shape index (κ1) is 36.9. The Hall–Kier alpha value is -4.93. The molecule has 1 saturated carbocycles. The standard InChI is InChI=1S/C38H47N3O8/c1-2-3-4-5-8-23-48-31-21-15-29(16-22-31)38(47)49-32-19-11-26(12-20-32)24-33(37(46)39-25-34(42)43)41-36(45)28-13-17-30(18-14-28)40-35(44)27-9-6-7-10-27/h11-13,15-17,19-22,27,33H,2-10,14,18,23-25H2,1H3,(H,39,46)(H,40,44)(H,41,45)(H,42,43)/t33-/m0/s1. The Morgan fingerprint density at radius 2 is 1.55 bits per heavy atom. The molecule has 0 aromatic heterocycles. The minimum Gasteiger partial charge on any atom is -0.494 e. The van der Waals surface area contributed by atoms with E-state index in [4.69, 9.17) is 14.6 Å². The summed E-state index contributed by atoms with van der Waals surface area (Å²) in [6.07, 6.45) is 13.9. The highest BCUT2D eigenvalue weighted by atomic mass is 16.5. The number of amides is 3. The molecule has 2 aliphatic rings. The maximum atomic E-state index is 13.2. The number of ether oxygens (including phenoxy) is 2. The molecule has 4 rings (SSSR count). The van der Waals surface area contributed by atoms with Gasteiger partial charge in [0.1, 0.15) is 24.1 Å². The number of carbonyl (C=O) groups is 5. The van der Waals surface area contributed by atoms with Crippen LogP contribution in [-0.2, 0) is 25.6 Å². The van der Waals surface area contributed by atoms with E-state index in [2.05, 4.69) is 22.9 Å². The van der Waals surface area contributed by atoms with Crippen LogP contribution < -0.4 is 25.4 Å². The van der Waals surface area contributed by atoms with Crippen LogP contribution in [0.1, 0.15) is 93.5 Å². The summed E-state index contributed by atoms with van der Waals surface area (Å²) in [6.45, 7) is 2.21. The van der Waals surface area contributed by atoms with Gasteiger partial charge in [-0.05, 0) is 80.1 Å². The molecule has 4 N–H and O–H groups in total. The van der Waals surface area contributed by atoms with Crippen molar-refractivity contribution in [1.82, 2.24) is 16.0 Å². The molecule has 1 atom stereocenters. The van der Waals surface area contributed by atoms with Gasteiger partial charge in [-0.25, -0.2) is 4.79 Å². The molecule has 2 aromatic rings. The van der Waals surface area contributed by atoms with Gasteiger partial charge in [0.25, 0.3) is 0 Å². The van der Waals surface area contributed by atoms with Crippen molar-refractivity contribution in [2.45, 2.75) is 90.0 Å². The lowest BCUT2D eigenvalue weighted by Gasteiger charge is -2.21. The van der Waals surface area contributed by atoms with Crippen LogP contribution in [0.3, 0.4) is 0 Å². The Balaban J connectivity index is 1.31. The van der Waals surface area contributed by atoms with E-state index in [1.54, 1.807) is 60.7 Å². The van der Waals surface area contributed by atoms with E-state index in [1.165, 1.54) is 19.3 Å². The number of allylic oxidation sites excluding steroid dienone is 3. The van der Waals surface area contributed by atoms with Crippen LogP contribution >= 0.6 is 0 Å². The maximum absolute atomic E-state index is 13.2. The Morgan fingerprint density at radius 3 is 2.20 bits per heavy atom. The molecule has 2 aromatic carbocycles. The van der Waals surface area contributed by atoms with Crippen molar-refractivity contribution >= 4 is 29.7 Å². The molecule has 0 unspecified atom stereocenters. The fourth-order valence-electron chi connectivity index (χ4n) is 5.80. The van der Waals surface area contributed by atoms with E-state index >= 15 is 0 Å². The molecule has 0 bridgehead atoms. The summed E-state index contributed by atoms with van der Waals surface area (Å²) in [4.78, 5) is 62.4. The second-order valence-electron chi connectivity index (χ2n) is 12.5. The Morgan fingerprint density at radius 1 is 0.857 bits per heavy atom. The van der Waals surface area contributed by atoms with Gasteiger partial charge in [-0.3, -0.25) is 19.2 Å². The second kappa shape index (κ2) is 19.2. The number of unbranched alkanes of at least 4 members (excludes halogenated alkanes) is 4. The van der Waals surface area contributed by atoms with E-state index in [-0.39, 0.29) is 18.2 Å². The lowest BCUT2D eigenvalue weighted by molar-refractivity contribution is -0.138. The lowest BCUT2D eigenvalue weighted by Crippen LogP contribution is -2.49. The molecule has 11 nitrogen and oxygen atoms in total. The van der Waals surface area contributed by atoms with Crippen LogP contribution in [0.25, 0.3) is 0 Å². The van der Waals surface area contributed by atoms with Gasteiger partial charge in [0.05, 0.1) is 12.2 Å². The zero-order chi connectivity index (χ0) is 35.0. The number of hydrogen-bond donors (Lipinski definition) is 4. The number of aliphatic carboxylic acids is 1. The van der Waals surface area contributed by atoms with Crippen molar-refractivity contribution in [3.63, 3.8) is 0 Å². The molecular weight excluding hydrogens is 626 g/mol. The summed E-state index contributed by atoms with van der Waals surface area (Å²) in [6, 6.07) is 12.2. The second-order valence-corrected chi connectivity index (χ2v) is 12.5. The number of rotatable bonds is 18. The third-order valence-corrected chi connectivity index (χ3v) is 8.67. The zero-order valence-electron chi connectivity index (χ0n) is 28.1. The van der Waals surface area contributed by atoms with Crippen LogP contribution in [0, 0.1) is 5.92 Å². The van der Waals surface area contributed by atoms with E-state index in [1.807, 2.05) is 0 Å². The smallest absolute Gasteiger partial charge is 0.343 e. The monoisotopic (exact) mass is 673 g/mol. The fraction of sp³-hybridized carbons (Fsp3) is 0.447. The lowest BCUT2D eigenvalue weighted by atomic mass is 9.99. The van der Waals surface area contributed by atoms with Gasteiger partial charge < -0.3 is 30.5 Å². The average Bonchev–Trinajstić information content (AvgIpc) is 3.65. The van der Waals surface area contributed by atoms with E-state index in [0.717, 1.165) is 44.2 Å². The summed E-state index contributed by atoms with van der Waals surface area (Å²) >= 11 is 0. The summed E-state index contributed by atoms with van der Waals surface area (Å²) in [5, 5.41) is 17.1. The van der Waals surface area contributed by atoms with Crippen LogP contribution in [0.5, 0.6) is 11.5 Å². The van der Waals surface area contributed by atoms with Gasteiger partial charge in [-0.15, -0.1) is 0 Å². The molecule has 3 amide bonds. The molecule has 11 heteroatoms. The number of carboxylic acids is 1. The van der Waals surface area contributed by atoms with Crippen LogP contribution in [0.2, 0.25) is 0 Å². The quantitative estimate of drug-likeness (QED) is 0.0931. The summed E-state index contributed by atoms with van der Waals surface area (Å²) in [5.74, 6) is -1.81. The molecule has 0 saturated heterocycles. The molecule has 0 heterocycles. The van der Waals surface area contributed by atoms with Crippen molar-refractivity contribution in [1.29, 1.82) is 0 Å². The molecule has 0 aliphatic heterocycles. The zero-order valence-corrected chi connectivity index (χ0v) is 28.1. The first-order valence-electron chi connectivity index (χ1n) is 17.3. The first-order valence-corrected chi connectivity index (χ1v) is 17.3. The van der Waals surface area contributed by atoms with Gasteiger partial charge in [0, 0.05) is 23.6 Å². The molecule has 1 fully saturated rings. The Kier molecular flexibility index (Phi) is 14.4. The summed E-state index contributed by atoms with van der Waals surface area (Å²) < 4.78 is 11.3. The van der Waals surface area contributed by atoms with Gasteiger partial charge in [0.2, 0.25) is 17.7 Å². The van der Waals surface area contributed by atoms with Gasteiger partial charge in [-0.2, -0.15) is 0 Å². The number of nitrogens with one attached hydrogen (secondary N) is 3. The van der Waals surface area contributed by atoms with E-state index in [0.29, 0.717) is 47.6 Å². The molecular formula is C38H47N3O8. The predicted molar refractivity (Wildman–Crippen MR) is 184 cm³/mol. The Labute approximate surface area is 287 Å². The topological polar surface area (TPSA) is 160 Å². The van der Waals surface area contributed by atoms with Crippen molar-refractivity contribution in [2.75, 3.05) is 13.2 Å². The van der Waals surface area contributed by atoms with E-state index < -0.39 is 36.3 Å². The van der Waals surface area contributed by atoms with Gasteiger partial charge >= 0.3 is 11.9 Å². The minimum absolute atomic E-state index is 0.0174. The third-order valence-electron chi connectivity index (χ3n) is 8.67. The minimum atomic E-state index is -1.21. The van der Waals surface area contributed by atoms with E-state index in [9.17, 15) is 24.0 Å². The van der Waals surface area contributed by atoms with Crippen molar-refractivity contribution in [3.05, 3.63) is 83.1 Å². The fourth-order valence-corrected chi connectivity index (χ4v) is 5.80. The summed E-state index contributed by atoms with van der Waals surface area (Å²) in [7, 11) is 0. The van der Waals surface area contributed by atoms with Crippen molar-refractivity contribution in [3.8, 4) is 11.5 Å². The average molecular weight is 674 g/mol. The molecule has 0 radical (unpaired) electrons. The van der Waals surface area contributed by atoms with Crippen molar-refractivity contribution < 1.29 is 38.6 Å². The van der Waals surface area contributed by atoms with Gasteiger partial charge in [0.15, 0.2) is 0 Å². The SMILES string of the molecule is CCCCCCCOc1ccc(C(=O)Oc2ccc(C[C@H](NC(=O)C3=CC=C(NC(=O)C4CCCC4)CC3)C(=O)NCC(=O)O)cc2)cc1. The highest BCUT2D eigenvalue weighted by Gasteiger charge is 2.26. The number of benzene rings is 2. The normalized spacial score (nSPS) is 15.0. The van der Waals surface area contributed by atoms with Gasteiger partial charge in [-0.1, -0.05) is 63.7 Å². The first-order chi connectivity index (χ1) is 23.7. The summed E-state index contributed by atoms with van der Waals surface area (Å²) in [5.41, 5.74) is 2.22. The predicted octanol–water partition coefficient (Wildman–Crippen LogP) is 5.39. The largest absolute Gasteiger partial charge is 0.494 e. The number of carbonyl (C=O) groups excluding carboxylic acids is 4. The van der Waals surface area contributed by atoms with Crippen LogP contribution in [0.15, 0.2) is 72.0 Å². The highest BCUT2D eigenvalue weighted by molar-refractivity contribution is 5.98. The van der Waals surface area contributed by atoms with Crippen molar-refractivity contribution in [2.24, 2.45) is 5.92 Å². The number of esters is 1. The third kappa shape index (κ3) is 12.2. The highest BCUT2D eigenvalue weighted by Crippen LogP contribution is 2.26. The maximum Gasteiger partial charge on any atom is 0.343 e. The Bertz CT molecular complexity index is 1510.